The summed E-state index contributed by atoms with van der Waals surface area (Å²) in [4.78, 5) is 11.5. The summed E-state index contributed by atoms with van der Waals surface area (Å²) in [7, 11) is 1.52. The number of carbonyl (C=O) groups is 1. The molecule has 124 valence electrons. The molecule has 0 saturated heterocycles. The Kier molecular flexibility index (Phi) is 7.10. The summed E-state index contributed by atoms with van der Waals surface area (Å²) in [5.74, 6) is -0.00570. The number of methoxy groups -OCH3 is 1. The highest BCUT2D eigenvalue weighted by atomic mass is 16.6. The van der Waals surface area contributed by atoms with E-state index >= 15 is 0 Å². The Morgan fingerprint density at radius 2 is 1.68 bits per heavy atom. The van der Waals surface area contributed by atoms with Crippen LogP contribution in [-0.2, 0) is 9.53 Å². The molecule has 22 heavy (non-hydrogen) atoms. The molecule has 0 aliphatic heterocycles. The molecule has 0 radical (unpaired) electrons. The first-order chi connectivity index (χ1) is 10.4. The zero-order valence-corrected chi connectivity index (χ0v) is 12.8. The van der Waals surface area contributed by atoms with Crippen LogP contribution in [-0.4, -0.2) is 59.4 Å². The average Bonchev–Trinajstić information content (AvgIpc) is 2.51. The van der Waals surface area contributed by atoms with Gasteiger partial charge in [-0.05, 0) is 38.1 Å². The number of hydrogen-bond acceptors (Lipinski definition) is 7. The molecule has 1 aromatic rings. The Balaban J connectivity index is 2.81. The van der Waals surface area contributed by atoms with Crippen LogP contribution in [0.2, 0.25) is 0 Å². The van der Waals surface area contributed by atoms with Crippen molar-refractivity contribution in [3.8, 4) is 11.5 Å². The molecular weight excluding hydrogens is 292 g/mol. The molecule has 0 spiro atoms. The molecule has 7 heteroatoms. The molecule has 1 rings (SSSR count). The maximum atomic E-state index is 11.5. The predicted molar refractivity (Wildman–Crippen MR) is 77.7 cm³/mol. The van der Waals surface area contributed by atoms with Gasteiger partial charge in [0.1, 0.15) is 17.6 Å². The Morgan fingerprint density at radius 3 is 2.14 bits per heavy atom. The van der Waals surface area contributed by atoms with Gasteiger partial charge in [-0.1, -0.05) is 0 Å². The quantitative estimate of drug-likeness (QED) is 0.585. The van der Waals surface area contributed by atoms with Crippen LogP contribution in [0.15, 0.2) is 24.3 Å². The summed E-state index contributed by atoms with van der Waals surface area (Å²) in [6.45, 7) is 3.04. The third-order valence-corrected chi connectivity index (χ3v) is 3.00. The Hall–Kier alpha value is -1.83. The van der Waals surface area contributed by atoms with E-state index in [4.69, 9.17) is 9.47 Å². The van der Waals surface area contributed by atoms with Gasteiger partial charge in [0, 0.05) is 0 Å². The zero-order valence-electron chi connectivity index (χ0n) is 12.8. The maximum Gasteiger partial charge on any atom is 0.337 e. The Labute approximate surface area is 129 Å². The number of aliphatic hydroxyl groups excluding tert-OH is 3. The summed E-state index contributed by atoms with van der Waals surface area (Å²) < 4.78 is 15.1. The van der Waals surface area contributed by atoms with Crippen LogP contribution in [0, 0.1) is 0 Å². The minimum absolute atomic E-state index is 0.0707. The number of hydrogen-bond donors (Lipinski definition) is 3. The first kappa shape index (κ1) is 18.2. The van der Waals surface area contributed by atoms with Crippen LogP contribution < -0.4 is 9.47 Å². The van der Waals surface area contributed by atoms with Crippen molar-refractivity contribution in [2.75, 3.05) is 13.7 Å². The smallest absolute Gasteiger partial charge is 0.337 e. The molecule has 3 N–H and O–H groups in total. The second-order valence-electron chi connectivity index (χ2n) is 4.69. The second-order valence-corrected chi connectivity index (χ2v) is 4.69. The molecule has 7 nitrogen and oxygen atoms in total. The van der Waals surface area contributed by atoms with E-state index in [0.29, 0.717) is 11.5 Å². The van der Waals surface area contributed by atoms with E-state index in [1.807, 2.05) is 0 Å². The van der Waals surface area contributed by atoms with Crippen LogP contribution in [0.3, 0.4) is 0 Å². The molecule has 0 aromatic heterocycles. The molecule has 0 aliphatic rings. The highest BCUT2D eigenvalue weighted by Crippen LogP contribution is 2.21. The fourth-order valence-electron chi connectivity index (χ4n) is 1.81. The lowest BCUT2D eigenvalue weighted by Gasteiger charge is -2.28. The average molecular weight is 314 g/mol. The van der Waals surface area contributed by atoms with Gasteiger partial charge in [-0.3, -0.25) is 0 Å². The fourth-order valence-corrected chi connectivity index (χ4v) is 1.81. The molecule has 0 heterocycles. The molecule has 0 fully saturated rings. The summed E-state index contributed by atoms with van der Waals surface area (Å²) in [5, 5.41) is 29.5. The van der Waals surface area contributed by atoms with Crippen molar-refractivity contribution in [3.63, 3.8) is 0 Å². The fraction of sp³-hybridized carbons (Fsp3) is 0.533. The summed E-state index contributed by atoms with van der Waals surface area (Å²) in [6.07, 6.45) is -5.77. The third-order valence-electron chi connectivity index (χ3n) is 3.00. The number of rotatable bonds is 8. The monoisotopic (exact) mass is 314 g/mol. The molecule has 0 unspecified atom stereocenters. The normalized spacial score (nSPS) is 16.3. The minimum atomic E-state index is -1.81. The number of carbonyl (C=O) groups excluding carboxylic acids is 1. The number of esters is 1. The molecular formula is C15H22O7. The van der Waals surface area contributed by atoms with E-state index in [0.717, 1.165) is 0 Å². The van der Waals surface area contributed by atoms with Gasteiger partial charge in [-0.15, -0.1) is 0 Å². The van der Waals surface area contributed by atoms with Crippen LogP contribution in [0.25, 0.3) is 0 Å². The van der Waals surface area contributed by atoms with Crippen LogP contribution >= 0.6 is 0 Å². The van der Waals surface area contributed by atoms with E-state index in [1.165, 1.54) is 14.0 Å². The molecule has 0 amide bonds. The van der Waals surface area contributed by atoms with E-state index in [-0.39, 0.29) is 6.61 Å². The lowest BCUT2D eigenvalue weighted by molar-refractivity contribution is -0.166. The second kappa shape index (κ2) is 8.57. The van der Waals surface area contributed by atoms with E-state index in [9.17, 15) is 20.1 Å². The third kappa shape index (κ3) is 4.87. The van der Waals surface area contributed by atoms with Gasteiger partial charge in [0.25, 0.3) is 0 Å². The molecule has 0 bridgehead atoms. The molecule has 4 atom stereocenters. The van der Waals surface area contributed by atoms with Gasteiger partial charge < -0.3 is 29.5 Å². The van der Waals surface area contributed by atoms with Gasteiger partial charge in [0.2, 0.25) is 0 Å². The van der Waals surface area contributed by atoms with Crippen LogP contribution in [0.5, 0.6) is 11.5 Å². The SMILES string of the molecule is CCOC(=O)[C@@H](O)[C@H](O)[C@H](Oc1ccc(OC)cc1)[C@H](C)O. The van der Waals surface area contributed by atoms with Crippen LogP contribution in [0.4, 0.5) is 0 Å². The Bertz CT molecular complexity index is 457. The lowest BCUT2D eigenvalue weighted by Crippen LogP contribution is -2.50. The summed E-state index contributed by atoms with van der Waals surface area (Å²) >= 11 is 0. The van der Waals surface area contributed by atoms with Crippen molar-refractivity contribution < 1.29 is 34.3 Å². The van der Waals surface area contributed by atoms with Gasteiger partial charge >= 0.3 is 5.97 Å². The molecule has 0 saturated carbocycles. The highest BCUT2D eigenvalue weighted by Gasteiger charge is 2.36. The van der Waals surface area contributed by atoms with Crippen molar-refractivity contribution in [1.82, 2.24) is 0 Å². The minimum Gasteiger partial charge on any atom is -0.497 e. The summed E-state index contributed by atoms with van der Waals surface area (Å²) in [5.41, 5.74) is 0. The van der Waals surface area contributed by atoms with E-state index in [1.54, 1.807) is 31.2 Å². The van der Waals surface area contributed by atoms with Gasteiger partial charge in [0.15, 0.2) is 12.2 Å². The molecule has 0 aliphatic carbocycles. The first-order valence-electron chi connectivity index (χ1n) is 6.92. The van der Waals surface area contributed by atoms with Gasteiger partial charge in [-0.2, -0.15) is 0 Å². The molecule has 1 aromatic carbocycles. The van der Waals surface area contributed by atoms with Crippen LogP contribution in [0.1, 0.15) is 13.8 Å². The standard InChI is InChI=1S/C15H22O7/c1-4-21-15(19)13(18)12(17)14(9(2)16)22-11-7-5-10(20-3)6-8-11/h5-9,12-14,16-18H,4H2,1-3H3/t9-,12-,13-,14+/m0/s1. The highest BCUT2D eigenvalue weighted by molar-refractivity contribution is 5.75. The first-order valence-corrected chi connectivity index (χ1v) is 6.92. The largest absolute Gasteiger partial charge is 0.497 e. The number of benzene rings is 1. The van der Waals surface area contributed by atoms with Crippen molar-refractivity contribution in [3.05, 3.63) is 24.3 Å². The Morgan fingerprint density at radius 1 is 1.14 bits per heavy atom. The van der Waals surface area contributed by atoms with Gasteiger partial charge in [-0.25, -0.2) is 4.79 Å². The van der Waals surface area contributed by atoms with Crippen molar-refractivity contribution in [2.45, 2.75) is 38.3 Å². The maximum absolute atomic E-state index is 11.5. The topological polar surface area (TPSA) is 105 Å². The predicted octanol–water partition coefficient (Wildman–Crippen LogP) is 0.108. The van der Waals surface area contributed by atoms with Crippen molar-refractivity contribution in [2.24, 2.45) is 0 Å². The lowest BCUT2D eigenvalue weighted by atomic mass is 10.0. The summed E-state index contributed by atoms with van der Waals surface area (Å²) in [6, 6.07) is 6.44. The number of aliphatic hydroxyl groups is 3. The number of ether oxygens (including phenoxy) is 3. The van der Waals surface area contributed by atoms with E-state index in [2.05, 4.69) is 4.74 Å². The zero-order chi connectivity index (χ0) is 16.7. The van der Waals surface area contributed by atoms with Gasteiger partial charge in [0.05, 0.1) is 19.8 Å². The van der Waals surface area contributed by atoms with Crippen molar-refractivity contribution in [1.29, 1.82) is 0 Å². The van der Waals surface area contributed by atoms with Crippen molar-refractivity contribution >= 4 is 5.97 Å². The van der Waals surface area contributed by atoms with E-state index < -0.39 is 30.4 Å².